The molecular formula is C16H17N3O4. The SMILES string of the molecule is Cc1cnc([C@H]2COCCN2C(=O)c2ccc3c(c2)OCO3)[nH]1. The number of carbonyl (C=O) groups excluding carboxylic acids is 1. The monoisotopic (exact) mass is 315 g/mol. The van der Waals surface area contributed by atoms with Crippen molar-refractivity contribution in [1.29, 1.82) is 0 Å². The van der Waals surface area contributed by atoms with E-state index < -0.39 is 0 Å². The number of fused-ring (bicyclic) bond motifs is 1. The molecule has 3 heterocycles. The van der Waals surface area contributed by atoms with Crippen LogP contribution in [0, 0.1) is 6.92 Å². The molecule has 2 aliphatic rings. The number of morpholine rings is 1. The predicted octanol–water partition coefficient (Wildman–Crippen LogP) is 1.66. The van der Waals surface area contributed by atoms with E-state index in [-0.39, 0.29) is 18.7 Å². The first-order chi connectivity index (χ1) is 11.2. The van der Waals surface area contributed by atoms with Gasteiger partial charge in [-0.05, 0) is 25.1 Å². The summed E-state index contributed by atoms with van der Waals surface area (Å²) in [6.45, 7) is 3.61. The van der Waals surface area contributed by atoms with Gasteiger partial charge in [-0.3, -0.25) is 4.79 Å². The van der Waals surface area contributed by atoms with Crippen LogP contribution in [-0.2, 0) is 4.74 Å². The minimum Gasteiger partial charge on any atom is -0.454 e. The molecule has 120 valence electrons. The molecule has 1 amide bonds. The number of benzene rings is 1. The van der Waals surface area contributed by atoms with Crippen molar-refractivity contribution in [3.05, 3.63) is 41.5 Å². The molecule has 0 aliphatic carbocycles. The van der Waals surface area contributed by atoms with Crippen molar-refractivity contribution < 1.29 is 19.0 Å². The smallest absolute Gasteiger partial charge is 0.254 e. The average Bonchev–Trinajstić information content (AvgIpc) is 3.22. The van der Waals surface area contributed by atoms with Crippen molar-refractivity contribution in [2.75, 3.05) is 26.6 Å². The second-order valence-electron chi connectivity index (χ2n) is 5.61. The molecule has 7 nitrogen and oxygen atoms in total. The Bertz CT molecular complexity index is 743. The van der Waals surface area contributed by atoms with Gasteiger partial charge in [-0.2, -0.15) is 0 Å². The maximum absolute atomic E-state index is 12.9. The number of rotatable bonds is 2. The van der Waals surface area contributed by atoms with Crippen LogP contribution in [0.4, 0.5) is 0 Å². The molecule has 7 heteroatoms. The molecule has 2 aromatic rings. The van der Waals surface area contributed by atoms with E-state index in [1.54, 1.807) is 29.3 Å². The fourth-order valence-corrected chi connectivity index (χ4v) is 2.87. The summed E-state index contributed by atoms with van der Waals surface area (Å²) >= 11 is 0. The number of hydrogen-bond donors (Lipinski definition) is 1. The number of carbonyl (C=O) groups is 1. The van der Waals surface area contributed by atoms with Gasteiger partial charge in [0.15, 0.2) is 11.5 Å². The summed E-state index contributed by atoms with van der Waals surface area (Å²) in [5, 5.41) is 0. The number of aryl methyl sites for hydroxylation is 1. The quantitative estimate of drug-likeness (QED) is 0.912. The zero-order valence-corrected chi connectivity index (χ0v) is 12.7. The number of ether oxygens (including phenoxy) is 3. The first-order valence-electron chi connectivity index (χ1n) is 7.52. The fourth-order valence-electron chi connectivity index (χ4n) is 2.87. The lowest BCUT2D eigenvalue weighted by atomic mass is 10.1. The van der Waals surface area contributed by atoms with Crippen molar-refractivity contribution in [2.45, 2.75) is 13.0 Å². The highest BCUT2D eigenvalue weighted by Gasteiger charge is 2.31. The van der Waals surface area contributed by atoms with E-state index in [0.29, 0.717) is 36.8 Å². The summed E-state index contributed by atoms with van der Waals surface area (Å²) < 4.78 is 16.2. The van der Waals surface area contributed by atoms with Crippen LogP contribution in [0.25, 0.3) is 0 Å². The number of nitrogens with zero attached hydrogens (tertiary/aromatic N) is 2. The molecule has 1 atom stereocenters. The number of nitrogens with one attached hydrogen (secondary N) is 1. The lowest BCUT2D eigenvalue weighted by molar-refractivity contribution is -0.00502. The Morgan fingerprint density at radius 2 is 2.22 bits per heavy atom. The van der Waals surface area contributed by atoms with Gasteiger partial charge in [0.05, 0.1) is 13.2 Å². The molecule has 1 N–H and O–H groups in total. The highest BCUT2D eigenvalue weighted by molar-refractivity contribution is 5.95. The predicted molar refractivity (Wildman–Crippen MR) is 80.5 cm³/mol. The molecule has 1 fully saturated rings. The van der Waals surface area contributed by atoms with Crippen LogP contribution in [0.5, 0.6) is 11.5 Å². The van der Waals surface area contributed by atoms with Crippen molar-refractivity contribution in [3.63, 3.8) is 0 Å². The van der Waals surface area contributed by atoms with Gasteiger partial charge in [-0.15, -0.1) is 0 Å². The van der Waals surface area contributed by atoms with Crippen LogP contribution in [0.2, 0.25) is 0 Å². The van der Waals surface area contributed by atoms with Gasteiger partial charge in [-0.1, -0.05) is 0 Å². The second kappa shape index (κ2) is 5.58. The van der Waals surface area contributed by atoms with E-state index in [0.717, 1.165) is 11.5 Å². The van der Waals surface area contributed by atoms with Crippen LogP contribution in [0.1, 0.15) is 27.9 Å². The van der Waals surface area contributed by atoms with Crippen LogP contribution in [0.3, 0.4) is 0 Å². The fraction of sp³-hybridized carbons (Fsp3) is 0.375. The lowest BCUT2D eigenvalue weighted by Gasteiger charge is -2.34. The largest absolute Gasteiger partial charge is 0.454 e. The Labute approximate surface area is 133 Å². The zero-order chi connectivity index (χ0) is 15.8. The number of imidazole rings is 1. The summed E-state index contributed by atoms with van der Waals surface area (Å²) in [5.74, 6) is 1.96. The Hall–Kier alpha value is -2.54. The Balaban J connectivity index is 1.62. The molecule has 0 spiro atoms. The normalized spacial score (nSPS) is 19.9. The molecule has 0 bridgehead atoms. The van der Waals surface area contributed by atoms with Crippen LogP contribution in [-0.4, -0.2) is 47.3 Å². The van der Waals surface area contributed by atoms with Gasteiger partial charge >= 0.3 is 0 Å². The molecule has 0 unspecified atom stereocenters. The molecule has 1 aromatic carbocycles. The van der Waals surface area contributed by atoms with E-state index in [2.05, 4.69) is 9.97 Å². The molecule has 2 aliphatic heterocycles. The van der Waals surface area contributed by atoms with Crippen molar-refractivity contribution in [2.24, 2.45) is 0 Å². The van der Waals surface area contributed by atoms with Gasteiger partial charge in [0, 0.05) is 24.0 Å². The van der Waals surface area contributed by atoms with Crippen LogP contribution in [0.15, 0.2) is 24.4 Å². The summed E-state index contributed by atoms with van der Waals surface area (Å²) in [4.78, 5) is 22.3. The van der Waals surface area contributed by atoms with Gasteiger partial charge in [0.25, 0.3) is 5.91 Å². The van der Waals surface area contributed by atoms with Gasteiger partial charge in [0.1, 0.15) is 11.9 Å². The van der Waals surface area contributed by atoms with E-state index in [4.69, 9.17) is 14.2 Å². The van der Waals surface area contributed by atoms with E-state index >= 15 is 0 Å². The standard InChI is InChI=1S/C16H17N3O4/c1-10-7-17-15(18-10)12-8-21-5-4-19(12)16(20)11-2-3-13-14(6-11)23-9-22-13/h2-3,6-7,12H,4-5,8-9H2,1H3,(H,17,18)/t12-/m1/s1. The van der Waals surface area contributed by atoms with Gasteiger partial charge in [0.2, 0.25) is 6.79 Å². The topological polar surface area (TPSA) is 76.7 Å². The minimum atomic E-state index is -0.213. The first kappa shape index (κ1) is 14.1. The highest BCUT2D eigenvalue weighted by atomic mass is 16.7. The Kier molecular flexibility index (Phi) is 3.42. The van der Waals surface area contributed by atoms with Crippen molar-refractivity contribution in [1.82, 2.24) is 14.9 Å². The maximum Gasteiger partial charge on any atom is 0.254 e. The molecule has 0 radical (unpaired) electrons. The molecule has 4 rings (SSSR count). The molecule has 1 aromatic heterocycles. The number of hydrogen-bond acceptors (Lipinski definition) is 5. The van der Waals surface area contributed by atoms with Gasteiger partial charge in [-0.25, -0.2) is 4.98 Å². The first-order valence-corrected chi connectivity index (χ1v) is 7.52. The third-order valence-corrected chi connectivity index (χ3v) is 4.05. The molecule has 23 heavy (non-hydrogen) atoms. The van der Waals surface area contributed by atoms with Crippen molar-refractivity contribution in [3.8, 4) is 11.5 Å². The van der Waals surface area contributed by atoms with Crippen molar-refractivity contribution >= 4 is 5.91 Å². The highest BCUT2D eigenvalue weighted by Crippen LogP contribution is 2.33. The Morgan fingerprint density at radius 1 is 1.35 bits per heavy atom. The number of H-pyrrole nitrogens is 1. The lowest BCUT2D eigenvalue weighted by Crippen LogP contribution is -2.43. The number of amides is 1. The van der Waals surface area contributed by atoms with Crippen LogP contribution >= 0.6 is 0 Å². The average molecular weight is 315 g/mol. The number of aromatic nitrogens is 2. The number of aromatic amines is 1. The summed E-state index contributed by atoms with van der Waals surface area (Å²) in [6.07, 6.45) is 1.76. The summed E-state index contributed by atoms with van der Waals surface area (Å²) in [6, 6.07) is 5.04. The third-order valence-electron chi connectivity index (χ3n) is 4.05. The molecule has 0 saturated carbocycles. The zero-order valence-electron chi connectivity index (χ0n) is 12.7. The summed E-state index contributed by atoms with van der Waals surface area (Å²) in [7, 11) is 0. The second-order valence-corrected chi connectivity index (χ2v) is 5.61. The minimum absolute atomic E-state index is 0.0642. The Morgan fingerprint density at radius 3 is 3.04 bits per heavy atom. The van der Waals surface area contributed by atoms with E-state index in [9.17, 15) is 4.79 Å². The van der Waals surface area contributed by atoms with E-state index in [1.807, 2.05) is 6.92 Å². The van der Waals surface area contributed by atoms with Gasteiger partial charge < -0.3 is 24.1 Å². The van der Waals surface area contributed by atoms with E-state index in [1.165, 1.54) is 0 Å². The molecular weight excluding hydrogens is 298 g/mol. The van der Waals surface area contributed by atoms with Crippen LogP contribution < -0.4 is 9.47 Å². The summed E-state index contributed by atoms with van der Waals surface area (Å²) in [5.41, 5.74) is 1.53. The maximum atomic E-state index is 12.9. The third kappa shape index (κ3) is 2.53. The molecule has 1 saturated heterocycles.